The predicted octanol–water partition coefficient (Wildman–Crippen LogP) is 4.31. The van der Waals surface area contributed by atoms with E-state index in [4.69, 9.17) is 11.6 Å². The second kappa shape index (κ2) is 7.29. The number of nitrogens with zero attached hydrogens (tertiary/aromatic N) is 2. The van der Waals surface area contributed by atoms with Gasteiger partial charge in [0, 0.05) is 16.8 Å². The van der Waals surface area contributed by atoms with Crippen LogP contribution in [0.3, 0.4) is 0 Å². The van der Waals surface area contributed by atoms with Crippen LogP contribution < -0.4 is 10.6 Å². The first-order chi connectivity index (χ1) is 13.8. The molecule has 1 unspecified atom stereocenters. The molecule has 0 aliphatic carbocycles. The van der Waals surface area contributed by atoms with E-state index in [1.54, 1.807) is 19.1 Å². The lowest BCUT2D eigenvalue weighted by atomic mass is 10.1. The van der Waals surface area contributed by atoms with Crippen molar-refractivity contribution in [1.29, 1.82) is 0 Å². The van der Waals surface area contributed by atoms with Crippen molar-refractivity contribution in [3.63, 3.8) is 0 Å². The van der Waals surface area contributed by atoms with Crippen molar-refractivity contribution in [3.05, 3.63) is 64.7 Å². The van der Waals surface area contributed by atoms with Gasteiger partial charge in [0.15, 0.2) is 0 Å². The van der Waals surface area contributed by atoms with E-state index < -0.39 is 17.8 Å². The molecule has 0 radical (unpaired) electrons. The third-order valence-corrected chi connectivity index (χ3v) is 4.98. The molecule has 1 aliphatic heterocycles. The van der Waals surface area contributed by atoms with Crippen LogP contribution in [-0.4, -0.2) is 21.6 Å². The highest BCUT2D eigenvalue weighted by atomic mass is 35.5. The molecule has 2 amide bonds. The highest BCUT2D eigenvalue weighted by Crippen LogP contribution is 2.34. The van der Waals surface area contributed by atoms with Crippen molar-refractivity contribution >= 4 is 34.9 Å². The average Bonchev–Trinajstić information content (AvgIpc) is 3.01. The van der Waals surface area contributed by atoms with Gasteiger partial charge in [0.05, 0.1) is 17.1 Å². The Morgan fingerprint density at radius 3 is 2.66 bits per heavy atom. The molecule has 4 rings (SSSR count). The van der Waals surface area contributed by atoms with E-state index in [-0.39, 0.29) is 23.2 Å². The van der Waals surface area contributed by atoms with Gasteiger partial charge in [0.1, 0.15) is 23.5 Å². The van der Waals surface area contributed by atoms with Crippen LogP contribution in [0.1, 0.15) is 18.0 Å². The zero-order chi connectivity index (χ0) is 20.7. The van der Waals surface area contributed by atoms with Crippen molar-refractivity contribution < 1.29 is 18.4 Å². The summed E-state index contributed by atoms with van der Waals surface area (Å²) >= 11 is 5.76. The van der Waals surface area contributed by atoms with Gasteiger partial charge in [-0.25, -0.2) is 13.5 Å². The molecule has 0 saturated carbocycles. The van der Waals surface area contributed by atoms with Gasteiger partial charge in [-0.05, 0) is 49.4 Å². The third kappa shape index (κ3) is 3.58. The number of rotatable bonds is 3. The largest absolute Gasteiger partial charge is 0.324 e. The maximum atomic E-state index is 13.3. The number of hydrogen-bond donors (Lipinski definition) is 2. The number of benzene rings is 2. The summed E-state index contributed by atoms with van der Waals surface area (Å²) in [7, 11) is 0. The normalized spacial score (nSPS) is 15.6. The Labute approximate surface area is 169 Å². The maximum absolute atomic E-state index is 13.3. The van der Waals surface area contributed by atoms with E-state index in [1.807, 2.05) is 0 Å². The van der Waals surface area contributed by atoms with E-state index in [9.17, 15) is 18.4 Å². The van der Waals surface area contributed by atoms with Crippen molar-refractivity contribution in [2.75, 3.05) is 10.6 Å². The molecular weight excluding hydrogens is 402 g/mol. The molecule has 2 N–H and O–H groups in total. The van der Waals surface area contributed by atoms with Crippen molar-refractivity contribution in [3.8, 4) is 11.3 Å². The van der Waals surface area contributed by atoms with Gasteiger partial charge in [-0.3, -0.25) is 9.59 Å². The number of amides is 2. The van der Waals surface area contributed by atoms with Gasteiger partial charge in [0.2, 0.25) is 11.8 Å². The van der Waals surface area contributed by atoms with E-state index >= 15 is 0 Å². The summed E-state index contributed by atoms with van der Waals surface area (Å²) < 4.78 is 28.0. The summed E-state index contributed by atoms with van der Waals surface area (Å²) in [6.45, 7) is 1.76. The SMILES string of the molecule is Cc1c(-c2ccc(F)cc2)nn2c1NC(=O)CC2C(=O)Nc1ccc(F)c(Cl)c1. The first-order valence-corrected chi connectivity index (χ1v) is 9.12. The molecule has 6 nitrogen and oxygen atoms in total. The molecule has 1 aliphatic rings. The fraction of sp³-hybridized carbons (Fsp3) is 0.150. The van der Waals surface area contributed by atoms with Crippen LogP contribution in [0.2, 0.25) is 5.02 Å². The Morgan fingerprint density at radius 1 is 1.24 bits per heavy atom. The van der Waals surface area contributed by atoms with E-state index in [1.165, 1.54) is 28.9 Å². The number of carbonyl (C=O) groups excluding carboxylic acids is 2. The van der Waals surface area contributed by atoms with Crippen LogP contribution in [0.4, 0.5) is 20.3 Å². The number of aromatic nitrogens is 2. The molecule has 1 atom stereocenters. The van der Waals surface area contributed by atoms with Crippen LogP contribution in [0.5, 0.6) is 0 Å². The second-order valence-electron chi connectivity index (χ2n) is 6.66. The highest BCUT2D eigenvalue weighted by molar-refractivity contribution is 6.31. The number of fused-ring (bicyclic) bond motifs is 1. The van der Waals surface area contributed by atoms with Crippen LogP contribution >= 0.6 is 11.6 Å². The van der Waals surface area contributed by atoms with Crippen LogP contribution in [0, 0.1) is 18.6 Å². The van der Waals surface area contributed by atoms with Crippen LogP contribution in [-0.2, 0) is 9.59 Å². The number of nitrogens with one attached hydrogen (secondary N) is 2. The van der Waals surface area contributed by atoms with Gasteiger partial charge >= 0.3 is 0 Å². The molecular formula is C20H15ClF2N4O2. The van der Waals surface area contributed by atoms with Gasteiger partial charge in [0.25, 0.3) is 0 Å². The Kier molecular flexibility index (Phi) is 4.79. The van der Waals surface area contributed by atoms with Gasteiger partial charge in [-0.15, -0.1) is 0 Å². The van der Waals surface area contributed by atoms with Crippen LogP contribution in [0.15, 0.2) is 42.5 Å². The molecule has 0 saturated heterocycles. The van der Waals surface area contributed by atoms with Gasteiger partial charge in [-0.1, -0.05) is 11.6 Å². The molecule has 0 spiro atoms. The first-order valence-electron chi connectivity index (χ1n) is 8.74. The standard InChI is InChI=1S/C20H15ClF2N4O2/c1-10-18(11-2-4-12(22)5-3-11)26-27-16(9-17(28)25-19(10)27)20(29)24-13-6-7-15(23)14(21)8-13/h2-8,16H,9H2,1H3,(H,24,29)(H,25,28). The minimum atomic E-state index is -0.907. The summed E-state index contributed by atoms with van der Waals surface area (Å²) in [5.74, 6) is -1.40. The molecule has 1 aromatic heterocycles. The fourth-order valence-electron chi connectivity index (χ4n) is 3.22. The van der Waals surface area contributed by atoms with Gasteiger partial charge in [-0.2, -0.15) is 5.10 Å². The Bertz CT molecular complexity index is 1130. The van der Waals surface area contributed by atoms with Crippen LogP contribution in [0.25, 0.3) is 11.3 Å². The maximum Gasteiger partial charge on any atom is 0.249 e. The summed E-state index contributed by atoms with van der Waals surface area (Å²) in [4.78, 5) is 25.0. The lowest BCUT2D eigenvalue weighted by Crippen LogP contribution is -2.35. The molecule has 2 heterocycles. The molecule has 3 aromatic rings. The number of carbonyl (C=O) groups is 2. The summed E-state index contributed by atoms with van der Waals surface area (Å²) in [6, 6.07) is 8.68. The molecule has 29 heavy (non-hydrogen) atoms. The molecule has 0 fully saturated rings. The third-order valence-electron chi connectivity index (χ3n) is 4.69. The molecule has 2 aromatic carbocycles. The summed E-state index contributed by atoms with van der Waals surface area (Å²) in [5, 5.41) is 9.73. The van der Waals surface area contributed by atoms with Crippen molar-refractivity contribution in [2.24, 2.45) is 0 Å². The minimum absolute atomic E-state index is 0.113. The van der Waals surface area contributed by atoms with E-state index in [2.05, 4.69) is 15.7 Å². The zero-order valence-corrected chi connectivity index (χ0v) is 15.9. The first kappa shape index (κ1) is 19.1. The number of hydrogen-bond acceptors (Lipinski definition) is 3. The van der Waals surface area contributed by atoms with Crippen molar-refractivity contribution in [1.82, 2.24) is 9.78 Å². The van der Waals surface area contributed by atoms with E-state index in [0.29, 0.717) is 28.3 Å². The molecule has 148 valence electrons. The number of anilines is 2. The lowest BCUT2D eigenvalue weighted by molar-refractivity contribution is -0.125. The Balaban J connectivity index is 1.69. The monoisotopic (exact) mass is 416 g/mol. The summed E-state index contributed by atoms with van der Waals surface area (Å²) in [6.07, 6.45) is -0.113. The molecule has 0 bridgehead atoms. The minimum Gasteiger partial charge on any atom is -0.324 e. The second-order valence-corrected chi connectivity index (χ2v) is 7.07. The topological polar surface area (TPSA) is 76.0 Å². The van der Waals surface area contributed by atoms with Crippen molar-refractivity contribution in [2.45, 2.75) is 19.4 Å². The zero-order valence-electron chi connectivity index (χ0n) is 15.2. The number of halogens is 3. The predicted molar refractivity (Wildman–Crippen MR) is 105 cm³/mol. The van der Waals surface area contributed by atoms with Gasteiger partial charge < -0.3 is 10.6 Å². The Hall–Kier alpha value is -3.26. The Morgan fingerprint density at radius 2 is 1.97 bits per heavy atom. The summed E-state index contributed by atoms with van der Waals surface area (Å²) in [5.41, 5.74) is 2.15. The average molecular weight is 417 g/mol. The smallest absolute Gasteiger partial charge is 0.249 e. The lowest BCUT2D eigenvalue weighted by Gasteiger charge is -2.24. The fourth-order valence-corrected chi connectivity index (χ4v) is 3.40. The highest BCUT2D eigenvalue weighted by Gasteiger charge is 2.34. The molecule has 9 heteroatoms. The van der Waals surface area contributed by atoms with E-state index in [0.717, 1.165) is 6.07 Å². The quantitative estimate of drug-likeness (QED) is 0.668.